The van der Waals surface area contributed by atoms with Crippen molar-refractivity contribution < 1.29 is 13.6 Å². The van der Waals surface area contributed by atoms with Crippen LogP contribution in [0, 0.1) is 11.6 Å². The smallest absolute Gasteiger partial charge is 0.160 e. The number of carbonyl (C=O) groups is 1. The van der Waals surface area contributed by atoms with E-state index in [9.17, 15) is 13.6 Å². The molecule has 2 aromatic carbocycles. The number of rotatable bonds is 3. The van der Waals surface area contributed by atoms with E-state index in [4.69, 9.17) is 0 Å². The molecule has 5 heteroatoms. The molecule has 0 bridgehead atoms. The van der Waals surface area contributed by atoms with Crippen LogP contribution in [0.3, 0.4) is 0 Å². The molecule has 1 nitrogen and oxygen atoms in total. The van der Waals surface area contributed by atoms with Gasteiger partial charge in [-0.2, -0.15) is 0 Å². The van der Waals surface area contributed by atoms with Gasteiger partial charge in [-0.15, -0.1) is 0 Å². The number of carbonyl (C=O) groups excluding carboxylic acids is 1. The van der Waals surface area contributed by atoms with Gasteiger partial charge in [0.1, 0.15) is 0 Å². The third kappa shape index (κ3) is 3.42. The van der Waals surface area contributed by atoms with Crippen molar-refractivity contribution in [3.05, 3.63) is 58.1 Å². The highest BCUT2D eigenvalue weighted by Crippen LogP contribution is 2.31. The maximum atomic E-state index is 13.1. The molecule has 0 fully saturated rings. The van der Waals surface area contributed by atoms with E-state index < -0.39 is 11.6 Å². The summed E-state index contributed by atoms with van der Waals surface area (Å²) in [7, 11) is 0. The molecule has 0 heterocycles. The Labute approximate surface area is 122 Å². The van der Waals surface area contributed by atoms with Gasteiger partial charge in [-0.1, -0.05) is 27.7 Å². The molecule has 0 aliphatic heterocycles. The van der Waals surface area contributed by atoms with Crippen molar-refractivity contribution in [1.82, 2.24) is 0 Å². The van der Waals surface area contributed by atoms with Gasteiger partial charge in [-0.25, -0.2) is 8.78 Å². The Balaban J connectivity index is 2.26. The normalized spacial score (nSPS) is 10.5. The Hall–Kier alpha value is -1.20. The summed E-state index contributed by atoms with van der Waals surface area (Å²) in [6, 6.07) is 9.00. The average molecular weight is 343 g/mol. The molecule has 0 saturated heterocycles. The summed E-state index contributed by atoms with van der Waals surface area (Å²) in [6.07, 6.45) is 0. The summed E-state index contributed by atoms with van der Waals surface area (Å²) < 4.78 is 26.6. The van der Waals surface area contributed by atoms with Gasteiger partial charge in [0.05, 0.1) is 0 Å². The van der Waals surface area contributed by atoms with Crippen molar-refractivity contribution in [3.63, 3.8) is 0 Å². The lowest BCUT2D eigenvalue weighted by Gasteiger charge is -2.05. The van der Waals surface area contributed by atoms with Gasteiger partial charge < -0.3 is 0 Å². The van der Waals surface area contributed by atoms with Crippen molar-refractivity contribution >= 4 is 33.5 Å². The molecule has 0 aliphatic rings. The zero-order valence-electron chi connectivity index (χ0n) is 9.91. The minimum absolute atomic E-state index is 0.0312. The Morgan fingerprint density at radius 2 is 1.68 bits per heavy atom. The molecule has 0 aliphatic carbocycles. The number of hydrogen-bond donors (Lipinski definition) is 0. The second-order valence-electron chi connectivity index (χ2n) is 3.88. The summed E-state index contributed by atoms with van der Waals surface area (Å²) in [5.74, 6) is -1.77. The Kier molecular flexibility index (Phi) is 4.37. The lowest BCUT2D eigenvalue weighted by Crippen LogP contribution is -1.93. The van der Waals surface area contributed by atoms with Crippen LogP contribution in [0.5, 0.6) is 0 Å². The van der Waals surface area contributed by atoms with Gasteiger partial charge in [-0.05, 0) is 43.3 Å². The van der Waals surface area contributed by atoms with Crippen molar-refractivity contribution in [2.24, 2.45) is 0 Å². The minimum atomic E-state index is -0.871. The maximum absolute atomic E-state index is 13.1. The van der Waals surface area contributed by atoms with E-state index in [0.717, 1.165) is 17.0 Å². The van der Waals surface area contributed by atoms with Crippen LogP contribution in [0.25, 0.3) is 0 Å². The molecule has 19 heavy (non-hydrogen) atoms. The third-order valence-corrected chi connectivity index (χ3v) is 4.08. The van der Waals surface area contributed by atoms with Crippen LogP contribution in [-0.4, -0.2) is 5.78 Å². The van der Waals surface area contributed by atoms with Crippen molar-refractivity contribution in [1.29, 1.82) is 0 Å². The zero-order chi connectivity index (χ0) is 14.0. The highest BCUT2D eigenvalue weighted by atomic mass is 79.9. The molecule has 0 radical (unpaired) electrons. The summed E-state index contributed by atoms with van der Waals surface area (Å²) in [4.78, 5) is 12.7. The first-order chi connectivity index (χ1) is 8.97. The fourth-order valence-corrected chi connectivity index (χ4v) is 3.21. The highest BCUT2D eigenvalue weighted by Gasteiger charge is 2.08. The first kappa shape index (κ1) is 14.2. The van der Waals surface area contributed by atoms with Gasteiger partial charge in [0.2, 0.25) is 0 Å². The SMILES string of the molecule is CC(=O)c1ccc(Sc2ccc(F)c(F)c2)cc1Br. The zero-order valence-corrected chi connectivity index (χ0v) is 12.3. The van der Waals surface area contributed by atoms with E-state index >= 15 is 0 Å². The third-order valence-electron chi connectivity index (χ3n) is 2.45. The van der Waals surface area contributed by atoms with E-state index in [1.807, 2.05) is 0 Å². The molecule has 2 aromatic rings. The van der Waals surface area contributed by atoms with Crippen molar-refractivity contribution in [2.75, 3.05) is 0 Å². The van der Waals surface area contributed by atoms with Gasteiger partial charge >= 0.3 is 0 Å². The molecular formula is C14H9BrF2OS. The van der Waals surface area contributed by atoms with Crippen molar-refractivity contribution in [3.8, 4) is 0 Å². The average Bonchev–Trinajstić information content (AvgIpc) is 2.33. The lowest BCUT2D eigenvalue weighted by molar-refractivity contribution is 0.101. The molecule has 0 saturated carbocycles. The van der Waals surface area contributed by atoms with E-state index in [-0.39, 0.29) is 5.78 Å². The van der Waals surface area contributed by atoms with Gasteiger partial charge in [0, 0.05) is 19.8 Å². The Morgan fingerprint density at radius 1 is 1.05 bits per heavy atom. The quantitative estimate of drug-likeness (QED) is 0.723. The van der Waals surface area contributed by atoms with Crippen LogP contribution in [0.15, 0.2) is 50.7 Å². The van der Waals surface area contributed by atoms with Crippen LogP contribution < -0.4 is 0 Å². The van der Waals surface area contributed by atoms with Crippen LogP contribution in [-0.2, 0) is 0 Å². The van der Waals surface area contributed by atoms with Crippen LogP contribution in [0.4, 0.5) is 8.78 Å². The van der Waals surface area contributed by atoms with Gasteiger partial charge in [0.15, 0.2) is 17.4 Å². The maximum Gasteiger partial charge on any atom is 0.160 e. The number of Topliss-reactive ketones (excluding diaryl/α,β-unsaturated/α-hetero) is 1. The first-order valence-corrected chi connectivity index (χ1v) is 7.01. The molecule has 0 unspecified atom stereocenters. The van der Waals surface area contributed by atoms with E-state index in [0.29, 0.717) is 14.9 Å². The minimum Gasteiger partial charge on any atom is -0.294 e. The highest BCUT2D eigenvalue weighted by molar-refractivity contribution is 9.10. The van der Waals surface area contributed by atoms with E-state index in [1.54, 1.807) is 18.2 Å². The summed E-state index contributed by atoms with van der Waals surface area (Å²) >= 11 is 4.62. The Bertz CT molecular complexity index is 643. The fourth-order valence-electron chi connectivity index (χ4n) is 1.52. The molecule has 0 N–H and O–H groups in total. The second kappa shape index (κ2) is 5.84. The molecular weight excluding hydrogens is 334 g/mol. The first-order valence-electron chi connectivity index (χ1n) is 5.41. The topological polar surface area (TPSA) is 17.1 Å². The van der Waals surface area contributed by atoms with Crippen LogP contribution in [0.2, 0.25) is 0 Å². The van der Waals surface area contributed by atoms with E-state index in [1.165, 1.54) is 24.8 Å². The van der Waals surface area contributed by atoms with Gasteiger partial charge in [0.25, 0.3) is 0 Å². The fraction of sp³-hybridized carbons (Fsp3) is 0.0714. The van der Waals surface area contributed by atoms with Crippen LogP contribution in [0.1, 0.15) is 17.3 Å². The summed E-state index contributed by atoms with van der Waals surface area (Å²) in [5.41, 5.74) is 0.592. The standard InChI is InChI=1S/C14H9BrF2OS/c1-8(18)11-4-2-9(6-12(11)15)19-10-3-5-13(16)14(17)7-10/h2-7H,1H3. The molecule has 0 amide bonds. The molecule has 98 valence electrons. The lowest BCUT2D eigenvalue weighted by atomic mass is 10.2. The molecule has 0 spiro atoms. The molecule has 0 atom stereocenters. The number of benzene rings is 2. The Morgan fingerprint density at radius 3 is 2.26 bits per heavy atom. The van der Waals surface area contributed by atoms with Crippen LogP contribution >= 0.6 is 27.7 Å². The second-order valence-corrected chi connectivity index (χ2v) is 5.88. The summed E-state index contributed by atoms with van der Waals surface area (Å²) in [5, 5.41) is 0. The molecule has 0 aromatic heterocycles. The number of halogens is 3. The molecule has 2 rings (SSSR count). The monoisotopic (exact) mass is 342 g/mol. The van der Waals surface area contributed by atoms with Gasteiger partial charge in [-0.3, -0.25) is 4.79 Å². The number of ketones is 1. The largest absolute Gasteiger partial charge is 0.294 e. The summed E-state index contributed by atoms with van der Waals surface area (Å²) in [6.45, 7) is 1.49. The predicted molar refractivity (Wildman–Crippen MR) is 74.6 cm³/mol. The van der Waals surface area contributed by atoms with E-state index in [2.05, 4.69) is 15.9 Å². The number of hydrogen-bond acceptors (Lipinski definition) is 2. The predicted octanol–water partition coefficient (Wildman–Crippen LogP) is 5.08. The van der Waals surface area contributed by atoms with Crippen molar-refractivity contribution in [2.45, 2.75) is 16.7 Å².